The molecule has 1 aliphatic rings. The second-order valence-corrected chi connectivity index (χ2v) is 4.48. The van der Waals surface area contributed by atoms with Crippen molar-refractivity contribution in [2.45, 2.75) is 12.8 Å². The van der Waals surface area contributed by atoms with Crippen LogP contribution in [-0.2, 0) is 20.7 Å². The number of benzene rings is 1. The molecule has 1 amide bonds. The van der Waals surface area contributed by atoms with Gasteiger partial charge in [0.2, 0.25) is 0 Å². The van der Waals surface area contributed by atoms with Crippen LogP contribution in [0.2, 0.25) is 0 Å². The Morgan fingerprint density at radius 3 is 3.05 bits per heavy atom. The van der Waals surface area contributed by atoms with Crippen LogP contribution >= 0.6 is 0 Å². The van der Waals surface area contributed by atoms with E-state index in [1.807, 2.05) is 6.07 Å². The van der Waals surface area contributed by atoms with E-state index in [1.54, 1.807) is 24.1 Å². The molecule has 1 aliphatic heterocycles. The minimum absolute atomic E-state index is 0.0110. The van der Waals surface area contributed by atoms with Crippen molar-refractivity contribution in [3.63, 3.8) is 0 Å². The molecule has 0 unspecified atom stereocenters. The lowest BCUT2D eigenvalue weighted by molar-refractivity contribution is -0.123. The SMILES string of the molecule is COCCOCC(=O)N1CCCc2cccc(O)c21. The van der Waals surface area contributed by atoms with Crippen LogP contribution in [0.5, 0.6) is 5.75 Å². The summed E-state index contributed by atoms with van der Waals surface area (Å²) in [6, 6.07) is 5.35. The molecule has 5 heteroatoms. The highest BCUT2D eigenvalue weighted by Crippen LogP contribution is 2.35. The van der Waals surface area contributed by atoms with Gasteiger partial charge in [-0.25, -0.2) is 0 Å². The zero-order chi connectivity index (χ0) is 13.7. The molecule has 0 saturated carbocycles. The molecule has 0 aliphatic carbocycles. The maximum Gasteiger partial charge on any atom is 0.253 e. The minimum Gasteiger partial charge on any atom is -0.506 e. The third kappa shape index (κ3) is 3.24. The number of anilines is 1. The quantitative estimate of drug-likeness (QED) is 0.816. The Morgan fingerprint density at radius 2 is 2.26 bits per heavy atom. The van der Waals surface area contributed by atoms with Crippen molar-refractivity contribution in [1.82, 2.24) is 0 Å². The van der Waals surface area contributed by atoms with Gasteiger partial charge in [0, 0.05) is 13.7 Å². The van der Waals surface area contributed by atoms with Crippen molar-refractivity contribution in [3.05, 3.63) is 23.8 Å². The number of aryl methyl sites for hydroxylation is 1. The van der Waals surface area contributed by atoms with E-state index in [0.717, 1.165) is 18.4 Å². The van der Waals surface area contributed by atoms with Gasteiger partial charge in [0.15, 0.2) is 0 Å². The van der Waals surface area contributed by atoms with Crippen molar-refractivity contribution in [2.75, 3.05) is 38.4 Å². The number of phenols is 1. The summed E-state index contributed by atoms with van der Waals surface area (Å²) in [6.07, 6.45) is 1.79. The molecule has 0 saturated heterocycles. The summed E-state index contributed by atoms with van der Waals surface area (Å²) in [7, 11) is 1.59. The Labute approximate surface area is 112 Å². The summed E-state index contributed by atoms with van der Waals surface area (Å²) in [5.41, 5.74) is 1.64. The number of ether oxygens (including phenoxy) is 2. The number of carbonyl (C=O) groups excluding carboxylic acids is 1. The van der Waals surface area contributed by atoms with Crippen molar-refractivity contribution < 1.29 is 19.4 Å². The monoisotopic (exact) mass is 265 g/mol. The summed E-state index contributed by atoms with van der Waals surface area (Å²) < 4.78 is 10.1. The van der Waals surface area contributed by atoms with Crippen LogP contribution in [0.3, 0.4) is 0 Å². The number of para-hydroxylation sites is 1. The third-order valence-electron chi connectivity index (χ3n) is 3.15. The van der Waals surface area contributed by atoms with Gasteiger partial charge in [0.1, 0.15) is 12.4 Å². The Balaban J connectivity index is 2.04. The third-order valence-corrected chi connectivity index (χ3v) is 3.15. The lowest BCUT2D eigenvalue weighted by Crippen LogP contribution is -2.38. The van der Waals surface area contributed by atoms with E-state index in [1.165, 1.54) is 0 Å². The van der Waals surface area contributed by atoms with E-state index in [-0.39, 0.29) is 18.3 Å². The Bertz CT molecular complexity index is 447. The van der Waals surface area contributed by atoms with Crippen LogP contribution in [0, 0.1) is 0 Å². The summed E-state index contributed by atoms with van der Waals surface area (Å²) in [6.45, 7) is 1.49. The summed E-state index contributed by atoms with van der Waals surface area (Å²) in [5, 5.41) is 9.93. The van der Waals surface area contributed by atoms with E-state index < -0.39 is 0 Å². The molecule has 0 spiro atoms. The summed E-state index contributed by atoms with van der Waals surface area (Å²) >= 11 is 0. The van der Waals surface area contributed by atoms with Gasteiger partial charge >= 0.3 is 0 Å². The number of methoxy groups -OCH3 is 1. The zero-order valence-corrected chi connectivity index (χ0v) is 11.1. The first-order valence-corrected chi connectivity index (χ1v) is 6.42. The predicted octanol–water partition coefficient (Wildman–Crippen LogP) is 1.33. The molecule has 0 fully saturated rings. The van der Waals surface area contributed by atoms with Crippen molar-refractivity contribution in [3.8, 4) is 5.75 Å². The average Bonchev–Trinajstić information content (AvgIpc) is 2.43. The van der Waals surface area contributed by atoms with Crippen LogP contribution in [0.4, 0.5) is 5.69 Å². The number of rotatable bonds is 5. The molecular formula is C14H19NO4. The topological polar surface area (TPSA) is 59.0 Å². The Hall–Kier alpha value is -1.59. The van der Waals surface area contributed by atoms with Crippen molar-refractivity contribution in [2.24, 2.45) is 0 Å². The number of amides is 1. The zero-order valence-electron chi connectivity index (χ0n) is 11.1. The highest BCUT2D eigenvalue weighted by atomic mass is 16.5. The maximum atomic E-state index is 12.1. The second-order valence-electron chi connectivity index (χ2n) is 4.48. The molecule has 5 nitrogen and oxygen atoms in total. The minimum atomic E-state index is -0.126. The van der Waals surface area contributed by atoms with Crippen LogP contribution in [0.1, 0.15) is 12.0 Å². The molecule has 1 aromatic rings. The lowest BCUT2D eigenvalue weighted by Gasteiger charge is -2.30. The summed E-state index contributed by atoms with van der Waals surface area (Å²) in [5.74, 6) is 0.0287. The maximum absolute atomic E-state index is 12.1. The Morgan fingerprint density at radius 1 is 1.42 bits per heavy atom. The molecule has 104 valence electrons. The van der Waals surface area contributed by atoms with Crippen LogP contribution in [0.25, 0.3) is 0 Å². The first-order chi connectivity index (χ1) is 9.24. The van der Waals surface area contributed by atoms with E-state index in [0.29, 0.717) is 25.4 Å². The molecule has 0 atom stereocenters. The van der Waals surface area contributed by atoms with Crippen LogP contribution < -0.4 is 4.90 Å². The number of phenolic OH excluding ortho intramolecular Hbond substituents is 1. The molecular weight excluding hydrogens is 246 g/mol. The molecule has 0 aromatic heterocycles. The van der Waals surface area contributed by atoms with Gasteiger partial charge in [-0.15, -0.1) is 0 Å². The number of carbonyl (C=O) groups is 1. The molecule has 0 radical (unpaired) electrons. The van der Waals surface area contributed by atoms with E-state index in [2.05, 4.69) is 0 Å². The smallest absolute Gasteiger partial charge is 0.253 e. The van der Waals surface area contributed by atoms with Gasteiger partial charge < -0.3 is 19.5 Å². The second kappa shape index (κ2) is 6.54. The molecule has 1 N–H and O–H groups in total. The number of hydrogen-bond donors (Lipinski definition) is 1. The van der Waals surface area contributed by atoms with Gasteiger partial charge in [0.05, 0.1) is 18.9 Å². The highest BCUT2D eigenvalue weighted by molar-refractivity contribution is 5.97. The first-order valence-electron chi connectivity index (χ1n) is 6.42. The number of fused-ring (bicyclic) bond motifs is 1. The van der Waals surface area contributed by atoms with Gasteiger partial charge in [-0.1, -0.05) is 12.1 Å². The molecule has 19 heavy (non-hydrogen) atoms. The largest absolute Gasteiger partial charge is 0.506 e. The predicted molar refractivity (Wildman–Crippen MR) is 71.5 cm³/mol. The lowest BCUT2D eigenvalue weighted by atomic mass is 10.0. The van der Waals surface area contributed by atoms with Crippen LogP contribution in [0.15, 0.2) is 18.2 Å². The number of nitrogens with zero attached hydrogens (tertiary/aromatic N) is 1. The molecule has 2 rings (SSSR count). The first kappa shape index (κ1) is 13.8. The van der Waals surface area contributed by atoms with E-state index in [9.17, 15) is 9.90 Å². The fourth-order valence-corrected chi connectivity index (χ4v) is 2.26. The van der Waals surface area contributed by atoms with Crippen molar-refractivity contribution >= 4 is 11.6 Å². The van der Waals surface area contributed by atoms with Crippen molar-refractivity contribution in [1.29, 1.82) is 0 Å². The van der Waals surface area contributed by atoms with E-state index in [4.69, 9.17) is 9.47 Å². The van der Waals surface area contributed by atoms with E-state index >= 15 is 0 Å². The normalized spacial score (nSPS) is 14.3. The standard InChI is InChI=1S/C14H19NO4/c1-18-8-9-19-10-13(17)15-7-3-5-11-4-2-6-12(16)14(11)15/h2,4,6,16H,3,5,7-10H2,1H3. The van der Waals surface area contributed by atoms with Gasteiger partial charge in [-0.3, -0.25) is 4.79 Å². The Kier molecular flexibility index (Phi) is 4.76. The van der Waals surface area contributed by atoms with Gasteiger partial charge in [-0.2, -0.15) is 0 Å². The number of aromatic hydroxyl groups is 1. The highest BCUT2D eigenvalue weighted by Gasteiger charge is 2.25. The molecule has 1 aromatic carbocycles. The van der Waals surface area contributed by atoms with Gasteiger partial charge in [-0.05, 0) is 24.5 Å². The number of hydrogen-bond acceptors (Lipinski definition) is 4. The summed E-state index contributed by atoms with van der Waals surface area (Å²) in [4.78, 5) is 13.7. The fraction of sp³-hybridized carbons (Fsp3) is 0.500. The fourth-order valence-electron chi connectivity index (χ4n) is 2.26. The average molecular weight is 265 g/mol. The van der Waals surface area contributed by atoms with Gasteiger partial charge in [0.25, 0.3) is 5.91 Å². The van der Waals surface area contributed by atoms with Crippen LogP contribution in [-0.4, -0.2) is 44.5 Å². The molecule has 1 heterocycles. The molecule has 0 bridgehead atoms.